The molecule has 1 aromatic carbocycles. The van der Waals surface area contributed by atoms with E-state index in [2.05, 4.69) is 39.7 Å². The standard InChI is InChI=1S/C20H22N4O2S2/c1-4-13-5-7-14(8-6-13)16-11-28-20(22-16)23-17(25)9-15-10-27-19(21-15)24-18(26)12(2)3/h5-8,10-12H,4,9H2,1-3H3,(H,21,24,26)(H,22,23,25). The molecule has 3 aromatic rings. The maximum atomic E-state index is 12.3. The lowest BCUT2D eigenvalue weighted by molar-refractivity contribution is -0.119. The van der Waals surface area contributed by atoms with E-state index in [1.807, 2.05) is 31.4 Å². The number of anilines is 2. The van der Waals surface area contributed by atoms with Gasteiger partial charge in [0.25, 0.3) is 0 Å². The van der Waals surface area contributed by atoms with Crippen molar-refractivity contribution in [3.8, 4) is 11.3 Å². The minimum Gasteiger partial charge on any atom is -0.302 e. The second-order valence-electron chi connectivity index (χ2n) is 6.60. The Morgan fingerprint density at radius 3 is 2.36 bits per heavy atom. The molecule has 0 saturated heterocycles. The highest BCUT2D eigenvalue weighted by Crippen LogP contribution is 2.25. The fourth-order valence-electron chi connectivity index (χ4n) is 2.40. The lowest BCUT2D eigenvalue weighted by Gasteiger charge is -2.03. The first-order chi connectivity index (χ1) is 13.4. The summed E-state index contributed by atoms with van der Waals surface area (Å²) < 4.78 is 0. The molecule has 0 unspecified atom stereocenters. The second kappa shape index (κ2) is 9.07. The Balaban J connectivity index is 1.57. The molecule has 0 aliphatic rings. The monoisotopic (exact) mass is 414 g/mol. The molecule has 0 saturated carbocycles. The molecule has 6 nitrogen and oxygen atoms in total. The Kier molecular flexibility index (Phi) is 6.53. The van der Waals surface area contributed by atoms with E-state index >= 15 is 0 Å². The van der Waals surface area contributed by atoms with Crippen molar-refractivity contribution in [2.75, 3.05) is 10.6 Å². The molecular weight excluding hydrogens is 392 g/mol. The quantitative estimate of drug-likeness (QED) is 0.591. The van der Waals surface area contributed by atoms with Gasteiger partial charge in [-0.1, -0.05) is 45.0 Å². The molecule has 2 aromatic heterocycles. The SMILES string of the molecule is CCc1ccc(-c2csc(NC(=O)Cc3csc(NC(=O)C(C)C)n3)n2)cc1. The molecule has 0 aliphatic carbocycles. The fraction of sp³-hybridized carbons (Fsp3) is 0.300. The molecule has 0 spiro atoms. The third-order valence-corrected chi connectivity index (χ3v) is 5.62. The lowest BCUT2D eigenvalue weighted by atomic mass is 10.1. The molecule has 146 valence electrons. The van der Waals surface area contributed by atoms with Gasteiger partial charge in [0.2, 0.25) is 11.8 Å². The zero-order chi connectivity index (χ0) is 20.1. The molecule has 2 heterocycles. The van der Waals surface area contributed by atoms with E-state index in [1.165, 1.54) is 28.2 Å². The summed E-state index contributed by atoms with van der Waals surface area (Å²) in [5.41, 5.74) is 3.77. The number of hydrogen-bond donors (Lipinski definition) is 2. The number of nitrogens with one attached hydrogen (secondary N) is 2. The summed E-state index contributed by atoms with van der Waals surface area (Å²) in [5, 5.41) is 10.3. The highest BCUT2D eigenvalue weighted by Gasteiger charge is 2.13. The van der Waals surface area contributed by atoms with Gasteiger partial charge in [-0.15, -0.1) is 22.7 Å². The van der Waals surface area contributed by atoms with Crippen molar-refractivity contribution in [2.24, 2.45) is 5.92 Å². The van der Waals surface area contributed by atoms with Gasteiger partial charge in [-0.05, 0) is 12.0 Å². The van der Waals surface area contributed by atoms with Crippen LogP contribution in [-0.2, 0) is 22.4 Å². The topological polar surface area (TPSA) is 84.0 Å². The number of benzene rings is 1. The third-order valence-electron chi connectivity index (χ3n) is 4.06. The number of carbonyl (C=O) groups excluding carboxylic acids is 2. The predicted octanol–water partition coefficient (Wildman–Crippen LogP) is 4.60. The molecule has 0 atom stereocenters. The van der Waals surface area contributed by atoms with Gasteiger partial charge >= 0.3 is 0 Å². The summed E-state index contributed by atoms with van der Waals surface area (Å²) in [7, 11) is 0. The van der Waals surface area contributed by atoms with Gasteiger partial charge in [0.05, 0.1) is 17.8 Å². The van der Waals surface area contributed by atoms with Crippen molar-refractivity contribution >= 4 is 44.8 Å². The summed E-state index contributed by atoms with van der Waals surface area (Å²) in [6, 6.07) is 8.26. The van der Waals surface area contributed by atoms with Crippen LogP contribution in [0.15, 0.2) is 35.0 Å². The number of nitrogens with zero attached hydrogens (tertiary/aromatic N) is 2. The van der Waals surface area contributed by atoms with Gasteiger partial charge in [0.1, 0.15) is 0 Å². The van der Waals surface area contributed by atoms with Crippen LogP contribution < -0.4 is 10.6 Å². The first-order valence-electron chi connectivity index (χ1n) is 9.04. The van der Waals surface area contributed by atoms with E-state index in [1.54, 1.807) is 5.38 Å². The molecule has 8 heteroatoms. The average molecular weight is 415 g/mol. The van der Waals surface area contributed by atoms with Crippen LogP contribution in [0.1, 0.15) is 32.0 Å². The van der Waals surface area contributed by atoms with Crippen molar-refractivity contribution in [1.82, 2.24) is 9.97 Å². The normalized spacial score (nSPS) is 10.9. The smallest absolute Gasteiger partial charge is 0.232 e. The third kappa shape index (κ3) is 5.24. The predicted molar refractivity (Wildman–Crippen MR) is 115 cm³/mol. The Morgan fingerprint density at radius 1 is 1.00 bits per heavy atom. The van der Waals surface area contributed by atoms with Crippen molar-refractivity contribution in [3.63, 3.8) is 0 Å². The van der Waals surface area contributed by atoms with E-state index in [4.69, 9.17) is 0 Å². The molecule has 0 radical (unpaired) electrons. The van der Waals surface area contributed by atoms with Crippen LogP contribution in [0.5, 0.6) is 0 Å². The lowest BCUT2D eigenvalue weighted by Crippen LogP contribution is -2.18. The van der Waals surface area contributed by atoms with E-state index in [0.29, 0.717) is 16.0 Å². The average Bonchev–Trinajstić information content (AvgIpc) is 3.31. The van der Waals surface area contributed by atoms with E-state index in [9.17, 15) is 9.59 Å². The summed E-state index contributed by atoms with van der Waals surface area (Å²) in [4.78, 5) is 32.8. The minimum absolute atomic E-state index is 0.0902. The van der Waals surface area contributed by atoms with Gasteiger partial charge in [-0.2, -0.15) is 0 Å². The zero-order valence-electron chi connectivity index (χ0n) is 16.0. The Bertz CT molecular complexity index is 961. The number of aromatic nitrogens is 2. The molecular formula is C20H22N4O2S2. The summed E-state index contributed by atoms with van der Waals surface area (Å²) in [6.45, 7) is 5.75. The molecule has 3 rings (SSSR count). The van der Waals surface area contributed by atoms with Gasteiger partial charge in [0, 0.05) is 22.2 Å². The van der Waals surface area contributed by atoms with Gasteiger partial charge in [0.15, 0.2) is 10.3 Å². The summed E-state index contributed by atoms with van der Waals surface area (Å²) in [5.74, 6) is -0.394. The van der Waals surface area contributed by atoms with E-state index in [0.717, 1.165) is 17.7 Å². The fourth-order valence-corrected chi connectivity index (χ4v) is 3.85. The largest absolute Gasteiger partial charge is 0.302 e. The molecule has 2 amide bonds. The first-order valence-corrected chi connectivity index (χ1v) is 10.8. The first kappa shape index (κ1) is 20.2. The van der Waals surface area contributed by atoms with Crippen molar-refractivity contribution in [3.05, 3.63) is 46.3 Å². The van der Waals surface area contributed by atoms with Crippen LogP contribution in [0.25, 0.3) is 11.3 Å². The number of amides is 2. The summed E-state index contributed by atoms with van der Waals surface area (Å²) >= 11 is 2.70. The van der Waals surface area contributed by atoms with Crippen molar-refractivity contribution in [1.29, 1.82) is 0 Å². The molecule has 2 N–H and O–H groups in total. The van der Waals surface area contributed by atoms with Gasteiger partial charge in [-0.25, -0.2) is 9.97 Å². The molecule has 0 bridgehead atoms. The Morgan fingerprint density at radius 2 is 1.68 bits per heavy atom. The number of rotatable bonds is 7. The molecule has 0 fully saturated rings. The molecule has 28 heavy (non-hydrogen) atoms. The maximum absolute atomic E-state index is 12.3. The minimum atomic E-state index is -0.186. The van der Waals surface area contributed by atoms with Crippen LogP contribution in [0, 0.1) is 5.92 Å². The number of carbonyl (C=O) groups is 2. The van der Waals surface area contributed by atoms with Crippen LogP contribution in [0.2, 0.25) is 0 Å². The zero-order valence-corrected chi connectivity index (χ0v) is 17.6. The number of hydrogen-bond acceptors (Lipinski definition) is 6. The highest BCUT2D eigenvalue weighted by molar-refractivity contribution is 7.14. The Hall–Kier alpha value is -2.58. The van der Waals surface area contributed by atoms with Gasteiger partial charge < -0.3 is 10.6 Å². The molecule has 0 aliphatic heterocycles. The number of thiazole rings is 2. The van der Waals surface area contributed by atoms with E-state index in [-0.39, 0.29) is 24.2 Å². The van der Waals surface area contributed by atoms with Crippen molar-refractivity contribution in [2.45, 2.75) is 33.6 Å². The van der Waals surface area contributed by atoms with Gasteiger partial charge in [-0.3, -0.25) is 9.59 Å². The van der Waals surface area contributed by atoms with Crippen LogP contribution in [-0.4, -0.2) is 21.8 Å². The number of aryl methyl sites for hydroxylation is 1. The summed E-state index contributed by atoms with van der Waals surface area (Å²) in [6.07, 6.45) is 1.13. The maximum Gasteiger partial charge on any atom is 0.232 e. The second-order valence-corrected chi connectivity index (χ2v) is 8.32. The van der Waals surface area contributed by atoms with E-state index < -0.39 is 0 Å². The van der Waals surface area contributed by atoms with Crippen LogP contribution in [0.3, 0.4) is 0 Å². The highest BCUT2D eigenvalue weighted by atomic mass is 32.1. The van der Waals surface area contributed by atoms with Crippen molar-refractivity contribution < 1.29 is 9.59 Å². The Labute approximate surface area is 172 Å². The van der Waals surface area contributed by atoms with Crippen LogP contribution >= 0.6 is 22.7 Å². The van der Waals surface area contributed by atoms with Crippen LogP contribution in [0.4, 0.5) is 10.3 Å².